The van der Waals surface area contributed by atoms with Gasteiger partial charge < -0.3 is 19.5 Å². The third-order valence-electron chi connectivity index (χ3n) is 6.69. The zero-order chi connectivity index (χ0) is 28.1. The third-order valence-corrected chi connectivity index (χ3v) is 6.69. The molecule has 1 amide bonds. The van der Waals surface area contributed by atoms with Crippen molar-refractivity contribution in [2.24, 2.45) is 0 Å². The first-order valence-electron chi connectivity index (χ1n) is 13.2. The van der Waals surface area contributed by atoms with Crippen LogP contribution in [0.3, 0.4) is 0 Å². The molecule has 4 aromatic rings. The highest BCUT2D eigenvalue weighted by atomic mass is 16.5. The molecule has 1 N–H and O–H groups in total. The summed E-state index contributed by atoms with van der Waals surface area (Å²) in [5.74, 6) is 0.215. The Morgan fingerprint density at radius 3 is 2.45 bits per heavy atom. The van der Waals surface area contributed by atoms with Gasteiger partial charge in [-0.2, -0.15) is 0 Å². The zero-order valence-corrected chi connectivity index (χ0v) is 22.4. The molecule has 7 nitrogen and oxygen atoms in total. The molecule has 2 heterocycles. The Balaban J connectivity index is 1.60. The predicted molar refractivity (Wildman–Crippen MR) is 152 cm³/mol. The minimum atomic E-state index is -0.838. The Morgan fingerprint density at radius 1 is 0.925 bits per heavy atom. The normalized spacial score (nSPS) is 16.2. The summed E-state index contributed by atoms with van der Waals surface area (Å²) < 4.78 is 11.8. The van der Waals surface area contributed by atoms with Crippen LogP contribution in [-0.4, -0.2) is 33.3 Å². The van der Waals surface area contributed by atoms with Crippen molar-refractivity contribution < 1.29 is 24.2 Å². The van der Waals surface area contributed by atoms with Gasteiger partial charge in [-0.1, -0.05) is 43.3 Å². The largest absolute Gasteiger partial charge is 0.507 e. The highest BCUT2D eigenvalue weighted by molar-refractivity contribution is 6.46. The number of pyridine rings is 1. The fourth-order valence-electron chi connectivity index (χ4n) is 4.81. The van der Waals surface area contributed by atoms with E-state index in [1.165, 1.54) is 4.90 Å². The molecule has 1 saturated heterocycles. The van der Waals surface area contributed by atoms with Crippen LogP contribution in [0.1, 0.15) is 41.6 Å². The predicted octanol–water partition coefficient (Wildman–Crippen LogP) is 6.59. The maximum absolute atomic E-state index is 13.5. The number of aromatic nitrogens is 1. The van der Waals surface area contributed by atoms with E-state index in [4.69, 9.17) is 9.47 Å². The SMILES string of the molecule is CCCOc1ccc(/C(O)=C2/C(=O)C(=O)N(Cc3cccnc3)C2c2cccc(Oc3ccccc3)c2)c(C)c1. The van der Waals surface area contributed by atoms with Crippen molar-refractivity contribution in [1.29, 1.82) is 0 Å². The average Bonchev–Trinajstić information content (AvgIpc) is 3.22. The lowest BCUT2D eigenvalue weighted by molar-refractivity contribution is -0.140. The van der Waals surface area contributed by atoms with Gasteiger partial charge in [0.1, 0.15) is 23.0 Å². The maximum Gasteiger partial charge on any atom is 0.295 e. The van der Waals surface area contributed by atoms with Gasteiger partial charge >= 0.3 is 0 Å². The molecule has 0 radical (unpaired) electrons. The molecular weight excluding hydrogens is 504 g/mol. The molecule has 1 atom stereocenters. The molecule has 0 aliphatic carbocycles. The van der Waals surface area contributed by atoms with Gasteiger partial charge in [0.05, 0.1) is 18.2 Å². The summed E-state index contributed by atoms with van der Waals surface area (Å²) in [4.78, 5) is 32.6. The maximum atomic E-state index is 13.5. The van der Waals surface area contributed by atoms with Gasteiger partial charge in [0, 0.05) is 24.5 Å². The molecule has 1 aliphatic rings. The van der Waals surface area contributed by atoms with Crippen LogP contribution < -0.4 is 9.47 Å². The number of nitrogens with zero attached hydrogens (tertiary/aromatic N) is 2. The Hall–Kier alpha value is -4.91. The van der Waals surface area contributed by atoms with Crippen molar-refractivity contribution in [2.75, 3.05) is 6.61 Å². The van der Waals surface area contributed by atoms with E-state index in [1.807, 2.05) is 74.5 Å². The van der Waals surface area contributed by atoms with Crippen LogP contribution in [0.25, 0.3) is 5.76 Å². The molecule has 40 heavy (non-hydrogen) atoms. The van der Waals surface area contributed by atoms with Crippen molar-refractivity contribution in [3.05, 3.63) is 125 Å². The number of carbonyl (C=O) groups is 2. The number of hydrogen-bond donors (Lipinski definition) is 1. The van der Waals surface area contributed by atoms with Gasteiger partial charge in [-0.15, -0.1) is 0 Å². The van der Waals surface area contributed by atoms with E-state index in [-0.39, 0.29) is 17.9 Å². The topological polar surface area (TPSA) is 89.0 Å². The van der Waals surface area contributed by atoms with Gasteiger partial charge in [0.25, 0.3) is 11.7 Å². The Kier molecular flexibility index (Phi) is 7.92. The fourth-order valence-corrected chi connectivity index (χ4v) is 4.81. The zero-order valence-electron chi connectivity index (χ0n) is 22.4. The van der Waals surface area contributed by atoms with Crippen LogP contribution in [0.4, 0.5) is 0 Å². The molecule has 0 spiro atoms. The number of aliphatic hydroxyl groups is 1. The van der Waals surface area contributed by atoms with Crippen LogP contribution >= 0.6 is 0 Å². The molecule has 0 saturated carbocycles. The van der Waals surface area contributed by atoms with Crippen molar-refractivity contribution in [1.82, 2.24) is 9.88 Å². The Labute approximate surface area is 233 Å². The monoisotopic (exact) mass is 534 g/mol. The first-order valence-corrected chi connectivity index (χ1v) is 13.2. The third kappa shape index (κ3) is 5.59. The lowest BCUT2D eigenvalue weighted by Crippen LogP contribution is -2.29. The number of amides is 1. The summed E-state index contributed by atoms with van der Waals surface area (Å²) in [5.41, 5.74) is 2.61. The number of hydrogen-bond acceptors (Lipinski definition) is 6. The molecule has 202 valence electrons. The second kappa shape index (κ2) is 11.9. The van der Waals surface area contributed by atoms with Gasteiger partial charge in [0.15, 0.2) is 0 Å². The number of Topliss-reactive ketones (excluding diaryl/α,β-unsaturated/α-hetero) is 1. The molecular formula is C33H30N2O5. The van der Waals surface area contributed by atoms with Gasteiger partial charge in [-0.3, -0.25) is 14.6 Å². The van der Waals surface area contributed by atoms with E-state index in [0.717, 1.165) is 17.5 Å². The van der Waals surface area contributed by atoms with E-state index in [1.54, 1.807) is 36.7 Å². The smallest absolute Gasteiger partial charge is 0.295 e. The number of likely N-dealkylation sites (tertiary alicyclic amines) is 1. The number of aliphatic hydroxyl groups excluding tert-OH is 1. The molecule has 1 aliphatic heterocycles. The van der Waals surface area contributed by atoms with E-state index in [2.05, 4.69) is 4.98 Å². The van der Waals surface area contributed by atoms with E-state index >= 15 is 0 Å². The summed E-state index contributed by atoms with van der Waals surface area (Å²) >= 11 is 0. The summed E-state index contributed by atoms with van der Waals surface area (Å²) in [7, 11) is 0. The number of rotatable bonds is 9. The first-order chi connectivity index (χ1) is 19.5. The summed E-state index contributed by atoms with van der Waals surface area (Å²) in [6, 6.07) is 24.7. The number of benzene rings is 3. The quantitative estimate of drug-likeness (QED) is 0.148. The van der Waals surface area contributed by atoms with Gasteiger partial charge in [-0.25, -0.2) is 0 Å². The van der Waals surface area contributed by atoms with E-state index < -0.39 is 17.7 Å². The first kappa shape index (κ1) is 26.7. The summed E-state index contributed by atoms with van der Waals surface area (Å²) in [5, 5.41) is 11.6. The highest BCUT2D eigenvalue weighted by Gasteiger charge is 2.46. The molecule has 0 bridgehead atoms. The number of ether oxygens (including phenoxy) is 2. The summed E-state index contributed by atoms with van der Waals surface area (Å²) in [6.07, 6.45) is 4.18. The standard InChI is InChI=1S/C33H30N2O5/c1-3-17-39-26-14-15-28(22(2)18-26)31(36)29-30(35(33(38)32(29)37)21-23-9-8-16-34-20-23)24-10-7-13-27(19-24)40-25-11-5-4-6-12-25/h4-16,18-20,30,36H,3,17,21H2,1-2H3/b31-29-. The molecule has 1 unspecified atom stereocenters. The second-order valence-corrected chi connectivity index (χ2v) is 9.60. The van der Waals surface area contributed by atoms with Gasteiger partial charge in [-0.05, 0) is 78.6 Å². The lowest BCUT2D eigenvalue weighted by atomic mass is 9.93. The number of ketones is 1. The molecule has 3 aromatic carbocycles. The van der Waals surface area contributed by atoms with Crippen LogP contribution in [0, 0.1) is 6.92 Å². The highest BCUT2D eigenvalue weighted by Crippen LogP contribution is 2.42. The molecule has 1 fully saturated rings. The average molecular weight is 535 g/mol. The summed E-state index contributed by atoms with van der Waals surface area (Å²) in [6.45, 7) is 4.58. The fraction of sp³-hybridized carbons (Fsp3) is 0.182. The van der Waals surface area contributed by atoms with E-state index in [0.29, 0.717) is 35.0 Å². The van der Waals surface area contributed by atoms with Crippen molar-refractivity contribution in [3.63, 3.8) is 0 Å². The van der Waals surface area contributed by atoms with E-state index in [9.17, 15) is 14.7 Å². The minimum absolute atomic E-state index is 0.0241. The minimum Gasteiger partial charge on any atom is -0.507 e. The Bertz CT molecular complexity index is 1550. The second-order valence-electron chi connectivity index (χ2n) is 9.60. The number of para-hydroxylation sites is 1. The Morgan fingerprint density at radius 2 is 1.73 bits per heavy atom. The lowest BCUT2D eigenvalue weighted by Gasteiger charge is -2.26. The molecule has 7 heteroatoms. The van der Waals surface area contributed by atoms with Crippen molar-refractivity contribution in [2.45, 2.75) is 32.9 Å². The van der Waals surface area contributed by atoms with Crippen LogP contribution in [0.2, 0.25) is 0 Å². The molecule has 5 rings (SSSR count). The molecule has 1 aromatic heterocycles. The van der Waals surface area contributed by atoms with Gasteiger partial charge in [0.2, 0.25) is 0 Å². The van der Waals surface area contributed by atoms with Crippen LogP contribution in [0.5, 0.6) is 17.2 Å². The van der Waals surface area contributed by atoms with Crippen LogP contribution in [0.15, 0.2) is 103 Å². The van der Waals surface area contributed by atoms with Crippen molar-refractivity contribution >= 4 is 17.4 Å². The van der Waals surface area contributed by atoms with Crippen molar-refractivity contribution in [3.8, 4) is 17.2 Å². The number of aryl methyl sites for hydroxylation is 1. The number of carbonyl (C=O) groups excluding carboxylic acids is 2. The van der Waals surface area contributed by atoms with Crippen LogP contribution in [-0.2, 0) is 16.1 Å².